The van der Waals surface area contributed by atoms with Crippen LogP contribution in [0.1, 0.15) is 45.0 Å². The second-order valence-electron chi connectivity index (χ2n) is 20.1. The molecule has 8 aromatic rings. The molecule has 0 aromatic heterocycles. The van der Waals surface area contributed by atoms with Crippen LogP contribution in [0.4, 0.5) is 0 Å². The van der Waals surface area contributed by atoms with Crippen LogP contribution in [-0.4, -0.2) is 88.3 Å². The van der Waals surface area contributed by atoms with Crippen LogP contribution >= 0.6 is 0 Å². The molecule has 12 heteroatoms. The van der Waals surface area contributed by atoms with Crippen LogP contribution in [0.3, 0.4) is 0 Å². The zero-order valence-corrected chi connectivity index (χ0v) is 46.2. The topological polar surface area (TPSA) is 111 Å². The molecule has 2 aliphatic rings. The number of hydrogen-bond acceptors (Lipinski definition) is 12. The van der Waals surface area contributed by atoms with E-state index >= 15 is 0 Å². The summed E-state index contributed by atoms with van der Waals surface area (Å²) in [6, 6.07) is 77.7. The highest BCUT2D eigenvalue weighted by atomic mass is 16.8. The van der Waals surface area contributed by atoms with E-state index in [9.17, 15) is 0 Å². The first-order chi connectivity index (χ1) is 40.6. The normalized spacial score (nSPS) is 22.6. The molecule has 10 atom stereocenters. The van der Waals surface area contributed by atoms with Gasteiger partial charge >= 0.3 is 0 Å². The SMILES string of the molecule is C=CCO[C@@H]1[C@H](OC(c2ccccc2)c2ccccc2)[C@@H](Oc2ccc(OC)cc2)O[C@H](COC2O[C@H](COCc3ccccc3)[C@@H](OCc3ccccc3)[C@H](OCc3ccccc3)[C@@H]2OCc2ccccc2)[C@H]1OCc1ccccc1. The van der Waals surface area contributed by atoms with Crippen molar-refractivity contribution < 1.29 is 56.8 Å². The van der Waals surface area contributed by atoms with Crippen LogP contribution in [0.15, 0.2) is 249 Å². The summed E-state index contributed by atoms with van der Waals surface area (Å²) in [4.78, 5) is 0. The maximum absolute atomic E-state index is 7.40. The van der Waals surface area contributed by atoms with Gasteiger partial charge in [-0.25, -0.2) is 0 Å². The number of methoxy groups -OCH3 is 1. The van der Waals surface area contributed by atoms with Crippen LogP contribution in [-0.2, 0) is 80.4 Å². The molecule has 0 amide bonds. The lowest BCUT2D eigenvalue weighted by molar-refractivity contribution is -0.346. The third-order valence-electron chi connectivity index (χ3n) is 14.4. The van der Waals surface area contributed by atoms with Crippen molar-refractivity contribution in [2.75, 3.05) is 26.9 Å². The molecule has 12 nitrogen and oxygen atoms in total. The molecule has 0 radical (unpaired) electrons. The van der Waals surface area contributed by atoms with Gasteiger partial charge in [0.1, 0.15) is 66.4 Å². The van der Waals surface area contributed by atoms with Crippen LogP contribution in [0.25, 0.3) is 0 Å². The first kappa shape index (κ1) is 57.9. The van der Waals surface area contributed by atoms with Gasteiger partial charge in [0.15, 0.2) is 6.29 Å². The van der Waals surface area contributed by atoms with Crippen molar-refractivity contribution in [3.8, 4) is 11.5 Å². The maximum atomic E-state index is 7.40. The molecule has 0 spiro atoms. The maximum Gasteiger partial charge on any atom is 0.229 e. The standard InChI is InChI=1S/C70H72O12/c1-3-43-73-66-64(75-46-53-29-15-6-16-30-53)61(81-70(79-59-41-39-58(71-2)40-42-59)68(66)82-62(56-35-21-9-22-36-56)57-37-23-10-24-38-57)50-78-69-67(77-48-55-33-19-8-20-34-55)65(76-47-54-31-17-7-18-32-54)63(74-45-52-27-13-5-14-28-52)60(80-69)49-72-44-51-25-11-4-12-26-51/h3-42,60-70H,1,43-50H2,2H3/t60-,61-,63-,64-,65+,66+,67+,68+,69?,70+/m1/s1. The van der Waals surface area contributed by atoms with E-state index in [1.165, 1.54) is 0 Å². The zero-order valence-electron chi connectivity index (χ0n) is 46.2. The molecule has 0 bridgehead atoms. The van der Waals surface area contributed by atoms with Crippen molar-refractivity contribution in [3.63, 3.8) is 0 Å². The molecule has 2 heterocycles. The lowest BCUT2D eigenvalue weighted by Crippen LogP contribution is -2.64. The minimum absolute atomic E-state index is 0.0855. The van der Waals surface area contributed by atoms with Crippen molar-refractivity contribution in [2.45, 2.75) is 101 Å². The summed E-state index contributed by atoms with van der Waals surface area (Å²) in [5, 5.41) is 0. The Bertz CT molecular complexity index is 3000. The Hall–Kier alpha value is -7.30. The Labute approximate surface area is 482 Å². The average Bonchev–Trinajstić information content (AvgIpc) is 3.73. The molecule has 2 saturated heterocycles. The summed E-state index contributed by atoms with van der Waals surface area (Å²) in [6.07, 6.45) is -7.39. The first-order valence-corrected chi connectivity index (χ1v) is 28.0. The third-order valence-corrected chi connectivity index (χ3v) is 14.4. The summed E-state index contributed by atoms with van der Waals surface area (Å²) in [7, 11) is 1.63. The molecule has 2 aliphatic heterocycles. The molecular formula is C70H72O12. The predicted octanol–water partition coefficient (Wildman–Crippen LogP) is 12.8. The van der Waals surface area contributed by atoms with Gasteiger partial charge in [0.2, 0.25) is 6.29 Å². The van der Waals surface area contributed by atoms with Crippen molar-refractivity contribution in [1.82, 2.24) is 0 Å². The van der Waals surface area contributed by atoms with Gasteiger partial charge in [-0.05, 0) is 63.2 Å². The second-order valence-corrected chi connectivity index (χ2v) is 20.1. The number of benzene rings is 8. The Morgan fingerprint density at radius 1 is 0.378 bits per heavy atom. The molecule has 1 unspecified atom stereocenters. The van der Waals surface area contributed by atoms with E-state index in [1.54, 1.807) is 13.2 Å². The van der Waals surface area contributed by atoms with Gasteiger partial charge in [0.05, 0.1) is 60.0 Å². The molecule has 10 rings (SSSR count). The molecule has 2 fully saturated rings. The monoisotopic (exact) mass is 1100 g/mol. The highest BCUT2D eigenvalue weighted by molar-refractivity contribution is 5.33. The van der Waals surface area contributed by atoms with Crippen molar-refractivity contribution in [1.29, 1.82) is 0 Å². The molecule has 0 saturated carbocycles. The number of hydrogen-bond donors (Lipinski definition) is 0. The summed E-state index contributed by atoms with van der Waals surface area (Å²) in [5.41, 5.74) is 6.76. The molecule has 424 valence electrons. The summed E-state index contributed by atoms with van der Waals surface area (Å²) >= 11 is 0. The third kappa shape index (κ3) is 16.2. The smallest absolute Gasteiger partial charge is 0.229 e. The van der Waals surface area contributed by atoms with Crippen molar-refractivity contribution >= 4 is 0 Å². The van der Waals surface area contributed by atoms with Gasteiger partial charge in [-0.3, -0.25) is 0 Å². The minimum atomic E-state index is -1.09. The largest absolute Gasteiger partial charge is 0.497 e. The van der Waals surface area contributed by atoms with E-state index < -0.39 is 67.5 Å². The van der Waals surface area contributed by atoms with E-state index in [0.29, 0.717) is 18.1 Å². The van der Waals surface area contributed by atoms with Crippen LogP contribution in [0.5, 0.6) is 11.5 Å². The highest BCUT2D eigenvalue weighted by Gasteiger charge is 2.53. The van der Waals surface area contributed by atoms with Crippen LogP contribution in [0.2, 0.25) is 0 Å². The highest BCUT2D eigenvalue weighted by Crippen LogP contribution is 2.38. The fraction of sp³-hybridized carbons (Fsp3) is 0.286. The lowest BCUT2D eigenvalue weighted by Gasteiger charge is -2.48. The zero-order chi connectivity index (χ0) is 56.0. The van der Waals surface area contributed by atoms with Crippen LogP contribution in [0, 0.1) is 0 Å². The first-order valence-electron chi connectivity index (χ1n) is 28.0. The Balaban J connectivity index is 1.03. The summed E-state index contributed by atoms with van der Waals surface area (Å²) in [6.45, 7) is 5.62. The van der Waals surface area contributed by atoms with Gasteiger partial charge in [0.25, 0.3) is 0 Å². The quantitative estimate of drug-likeness (QED) is 0.0416. The summed E-state index contributed by atoms with van der Waals surface area (Å²) in [5.74, 6) is 1.19. The predicted molar refractivity (Wildman–Crippen MR) is 313 cm³/mol. The Morgan fingerprint density at radius 3 is 1.21 bits per heavy atom. The fourth-order valence-electron chi connectivity index (χ4n) is 10.2. The van der Waals surface area contributed by atoms with Crippen molar-refractivity contribution in [3.05, 3.63) is 288 Å². The van der Waals surface area contributed by atoms with Gasteiger partial charge in [-0.2, -0.15) is 0 Å². The van der Waals surface area contributed by atoms with E-state index in [2.05, 4.69) is 30.8 Å². The molecular weight excluding hydrogens is 1030 g/mol. The van der Waals surface area contributed by atoms with E-state index in [-0.39, 0.29) is 46.2 Å². The molecule has 8 aromatic carbocycles. The Morgan fingerprint density at radius 2 is 0.756 bits per heavy atom. The van der Waals surface area contributed by atoms with Crippen LogP contribution < -0.4 is 9.47 Å². The fourth-order valence-corrected chi connectivity index (χ4v) is 10.2. The molecule has 0 N–H and O–H groups in total. The van der Waals surface area contributed by atoms with E-state index in [0.717, 1.165) is 38.9 Å². The Kier molecular flexibility index (Phi) is 21.7. The van der Waals surface area contributed by atoms with E-state index in [4.69, 9.17) is 56.8 Å². The minimum Gasteiger partial charge on any atom is -0.497 e. The average molecular weight is 1110 g/mol. The van der Waals surface area contributed by atoms with Gasteiger partial charge < -0.3 is 56.8 Å². The van der Waals surface area contributed by atoms with Gasteiger partial charge in [-0.1, -0.05) is 218 Å². The van der Waals surface area contributed by atoms with Gasteiger partial charge in [-0.15, -0.1) is 6.58 Å². The van der Waals surface area contributed by atoms with Gasteiger partial charge in [0, 0.05) is 0 Å². The molecule has 0 aliphatic carbocycles. The lowest BCUT2D eigenvalue weighted by atomic mass is 9.96. The summed E-state index contributed by atoms with van der Waals surface area (Å²) < 4.78 is 83.1. The number of rotatable bonds is 29. The second kappa shape index (κ2) is 30.7. The van der Waals surface area contributed by atoms with Crippen molar-refractivity contribution in [2.24, 2.45) is 0 Å². The van der Waals surface area contributed by atoms with E-state index in [1.807, 2.05) is 212 Å². The molecule has 82 heavy (non-hydrogen) atoms. The number of ether oxygens (including phenoxy) is 12.